The van der Waals surface area contributed by atoms with Crippen molar-refractivity contribution in [2.75, 3.05) is 26.2 Å². The Balaban J connectivity index is 1.39. The Morgan fingerprint density at radius 2 is 2.15 bits per heavy atom. The van der Waals surface area contributed by atoms with E-state index in [0.717, 1.165) is 31.2 Å². The van der Waals surface area contributed by atoms with Crippen molar-refractivity contribution in [2.24, 2.45) is 5.92 Å². The SMILES string of the molecule is c1cc2c(cc1CNC1CN3CCC1CC3)CCCO2. The zero-order chi connectivity index (χ0) is 13.4. The highest BCUT2D eigenvalue weighted by Crippen LogP contribution is 2.28. The van der Waals surface area contributed by atoms with Gasteiger partial charge in [0.2, 0.25) is 0 Å². The van der Waals surface area contributed by atoms with Crippen LogP contribution in [-0.2, 0) is 13.0 Å². The highest BCUT2D eigenvalue weighted by molar-refractivity contribution is 5.38. The van der Waals surface area contributed by atoms with Gasteiger partial charge in [0, 0.05) is 19.1 Å². The molecule has 0 saturated carbocycles. The lowest BCUT2D eigenvalue weighted by atomic mass is 9.84. The fourth-order valence-electron chi connectivity index (χ4n) is 3.97. The van der Waals surface area contributed by atoms with Gasteiger partial charge in [0.05, 0.1) is 6.61 Å². The van der Waals surface area contributed by atoms with Crippen LogP contribution in [0.2, 0.25) is 0 Å². The smallest absolute Gasteiger partial charge is 0.122 e. The van der Waals surface area contributed by atoms with Gasteiger partial charge in [-0.05, 0) is 61.9 Å². The molecule has 0 radical (unpaired) electrons. The van der Waals surface area contributed by atoms with E-state index in [4.69, 9.17) is 4.74 Å². The van der Waals surface area contributed by atoms with E-state index in [1.165, 1.54) is 50.0 Å². The average Bonchev–Trinajstić information content (AvgIpc) is 2.54. The number of hydrogen-bond acceptors (Lipinski definition) is 3. The number of nitrogens with zero attached hydrogens (tertiary/aromatic N) is 1. The fourth-order valence-corrected chi connectivity index (χ4v) is 3.97. The van der Waals surface area contributed by atoms with E-state index in [1.807, 2.05) is 0 Å². The highest BCUT2D eigenvalue weighted by atomic mass is 16.5. The molecule has 2 bridgehead atoms. The van der Waals surface area contributed by atoms with Gasteiger partial charge >= 0.3 is 0 Å². The van der Waals surface area contributed by atoms with Crippen molar-refractivity contribution in [1.82, 2.24) is 10.2 Å². The first-order valence-electron chi connectivity index (χ1n) is 8.09. The first-order valence-corrected chi connectivity index (χ1v) is 8.09. The number of ether oxygens (including phenoxy) is 1. The van der Waals surface area contributed by atoms with Crippen LogP contribution in [0.15, 0.2) is 18.2 Å². The fraction of sp³-hybridized carbons (Fsp3) is 0.647. The maximum absolute atomic E-state index is 5.69. The molecule has 3 heteroatoms. The van der Waals surface area contributed by atoms with Crippen molar-refractivity contribution < 1.29 is 4.74 Å². The molecular weight excluding hydrogens is 248 g/mol. The molecule has 1 atom stereocenters. The summed E-state index contributed by atoms with van der Waals surface area (Å²) in [5, 5.41) is 3.79. The molecular formula is C17H24N2O. The molecule has 20 heavy (non-hydrogen) atoms. The molecule has 5 rings (SSSR count). The molecule has 3 saturated heterocycles. The molecule has 0 aromatic heterocycles. The minimum absolute atomic E-state index is 0.699. The monoisotopic (exact) mass is 272 g/mol. The second kappa shape index (κ2) is 5.38. The van der Waals surface area contributed by atoms with Crippen LogP contribution in [0.3, 0.4) is 0 Å². The Labute approximate surface area is 121 Å². The molecule has 1 aromatic carbocycles. The average molecular weight is 272 g/mol. The van der Waals surface area contributed by atoms with Crippen molar-refractivity contribution in [1.29, 1.82) is 0 Å². The van der Waals surface area contributed by atoms with Gasteiger partial charge in [0.25, 0.3) is 0 Å². The van der Waals surface area contributed by atoms with Gasteiger partial charge in [-0.15, -0.1) is 0 Å². The Bertz CT molecular complexity index is 480. The summed E-state index contributed by atoms with van der Waals surface area (Å²) in [4.78, 5) is 2.61. The Morgan fingerprint density at radius 3 is 2.95 bits per heavy atom. The predicted octanol–water partition coefficient (Wildman–Crippen LogP) is 2.20. The van der Waals surface area contributed by atoms with Gasteiger partial charge in [-0.3, -0.25) is 0 Å². The van der Waals surface area contributed by atoms with Crippen molar-refractivity contribution >= 4 is 0 Å². The second-order valence-electron chi connectivity index (χ2n) is 6.52. The third-order valence-electron chi connectivity index (χ3n) is 5.20. The summed E-state index contributed by atoms with van der Waals surface area (Å²) in [5.41, 5.74) is 2.80. The lowest BCUT2D eigenvalue weighted by Gasteiger charge is -2.45. The van der Waals surface area contributed by atoms with Gasteiger partial charge in [0.15, 0.2) is 0 Å². The maximum atomic E-state index is 5.69. The third-order valence-corrected chi connectivity index (χ3v) is 5.20. The minimum Gasteiger partial charge on any atom is -0.493 e. The zero-order valence-electron chi connectivity index (χ0n) is 12.1. The number of aryl methyl sites for hydroxylation is 1. The van der Waals surface area contributed by atoms with Crippen LogP contribution in [0.4, 0.5) is 0 Å². The number of rotatable bonds is 3. The quantitative estimate of drug-likeness (QED) is 0.913. The zero-order valence-corrected chi connectivity index (χ0v) is 12.1. The molecule has 4 aliphatic heterocycles. The van der Waals surface area contributed by atoms with Gasteiger partial charge in [-0.1, -0.05) is 12.1 Å². The highest BCUT2D eigenvalue weighted by Gasteiger charge is 2.33. The van der Waals surface area contributed by atoms with Crippen molar-refractivity contribution in [3.8, 4) is 5.75 Å². The lowest BCUT2D eigenvalue weighted by molar-refractivity contribution is 0.0720. The molecule has 4 heterocycles. The van der Waals surface area contributed by atoms with Crippen molar-refractivity contribution in [2.45, 2.75) is 38.3 Å². The number of nitrogens with one attached hydrogen (secondary N) is 1. The number of piperidine rings is 3. The Hall–Kier alpha value is -1.06. The molecule has 108 valence electrons. The van der Waals surface area contributed by atoms with E-state index in [9.17, 15) is 0 Å². The summed E-state index contributed by atoms with van der Waals surface area (Å²) in [6.45, 7) is 5.77. The topological polar surface area (TPSA) is 24.5 Å². The number of fused-ring (bicyclic) bond motifs is 4. The molecule has 3 fully saturated rings. The normalized spacial score (nSPS) is 31.7. The van der Waals surface area contributed by atoms with Crippen LogP contribution in [-0.4, -0.2) is 37.2 Å². The second-order valence-corrected chi connectivity index (χ2v) is 6.52. The summed E-state index contributed by atoms with van der Waals surface area (Å²) in [7, 11) is 0. The number of benzene rings is 1. The molecule has 0 aliphatic carbocycles. The summed E-state index contributed by atoms with van der Waals surface area (Å²) in [5.74, 6) is 2.00. The van der Waals surface area contributed by atoms with Gasteiger partial charge in [0.1, 0.15) is 5.75 Å². The van der Waals surface area contributed by atoms with E-state index in [1.54, 1.807) is 0 Å². The third kappa shape index (κ3) is 2.45. The van der Waals surface area contributed by atoms with Gasteiger partial charge in [-0.25, -0.2) is 0 Å². The van der Waals surface area contributed by atoms with E-state index in [-0.39, 0.29) is 0 Å². The van der Waals surface area contributed by atoms with Crippen molar-refractivity contribution in [3.63, 3.8) is 0 Å². The van der Waals surface area contributed by atoms with Crippen LogP contribution < -0.4 is 10.1 Å². The van der Waals surface area contributed by atoms with Gasteiger partial charge < -0.3 is 15.0 Å². The maximum Gasteiger partial charge on any atom is 0.122 e. The molecule has 1 N–H and O–H groups in total. The molecule has 0 amide bonds. The Morgan fingerprint density at radius 1 is 1.25 bits per heavy atom. The van der Waals surface area contributed by atoms with E-state index < -0.39 is 0 Å². The van der Waals surface area contributed by atoms with E-state index in [0.29, 0.717) is 6.04 Å². The lowest BCUT2D eigenvalue weighted by Crippen LogP contribution is -2.55. The summed E-state index contributed by atoms with van der Waals surface area (Å²) in [6.07, 6.45) is 5.10. The first-order chi connectivity index (χ1) is 9.88. The predicted molar refractivity (Wildman–Crippen MR) is 80.0 cm³/mol. The van der Waals surface area contributed by atoms with Crippen LogP contribution in [0.1, 0.15) is 30.4 Å². The minimum atomic E-state index is 0.699. The van der Waals surface area contributed by atoms with Crippen LogP contribution >= 0.6 is 0 Å². The summed E-state index contributed by atoms with van der Waals surface area (Å²) < 4.78 is 5.69. The molecule has 0 spiro atoms. The molecule has 4 aliphatic rings. The van der Waals surface area contributed by atoms with E-state index >= 15 is 0 Å². The number of hydrogen-bond donors (Lipinski definition) is 1. The molecule has 3 nitrogen and oxygen atoms in total. The van der Waals surface area contributed by atoms with Crippen LogP contribution in [0, 0.1) is 5.92 Å². The summed E-state index contributed by atoms with van der Waals surface area (Å²) in [6, 6.07) is 7.41. The van der Waals surface area contributed by atoms with E-state index in [2.05, 4.69) is 28.4 Å². The standard InChI is InChI=1S/C17H24N2O/c1-2-15-10-13(3-4-17(15)20-9-1)11-18-16-12-19-7-5-14(16)6-8-19/h3-4,10,14,16,18H,1-2,5-9,11-12H2. The van der Waals surface area contributed by atoms with Gasteiger partial charge in [-0.2, -0.15) is 0 Å². The molecule has 1 unspecified atom stereocenters. The van der Waals surface area contributed by atoms with Crippen molar-refractivity contribution in [3.05, 3.63) is 29.3 Å². The first kappa shape index (κ1) is 12.7. The van der Waals surface area contributed by atoms with Crippen LogP contribution in [0.5, 0.6) is 5.75 Å². The largest absolute Gasteiger partial charge is 0.493 e. The van der Waals surface area contributed by atoms with Crippen LogP contribution in [0.25, 0.3) is 0 Å². The summed E-state index contributed by atoms with van der Waals surface area (Å²) >= 11 is 0. The molecule has 1 aromatic rings. The Kier molecular flexibility index (Phi) is 3.41.